The number of ether oxygens (including phenoxy) is 1. The molecule has 0 spiro atoms. The second kappa shape index (κ2) is 41.9. The molecule has 60 heavy (non-hydrogen) atoms. The molecule has 0 aliphatic carbocycles. The maximum absolute atomic E-state index is 12.3. The van der Waals surface area contributed by atoms with Crippen LogP contribution in [0.15, 0.2) is 109 Å². The number of phosphoric ester groups is 1. The van der Waals surface area contributed by atoms with Gasteiger partial charge in [-0.05, 0) is 96.3 Å². The SMILES string of the molecule is CC/C=C\C/C=C\C/C=C\C/C=C\C/C=C\C/C=C\CCCCC(=O)OCC(O)COP(=O)(O)OCC(NC(=O)CCCCCCC/C=C\C/C=C\C/C=C\CC)C(=O)O. The van der Waals surface area contributed by atoms with Crippen LogP contribution < -0.4 is 5.32 Å². The number of aliphatic carboxylic acids is 1. The van der Waals surface area contributed by atoms with E-state index in [4.69, 9.17) is 13.8 Å². The number of hydrogen-bond donors (Lipinski definition) is 4. The van der Waals surface area contributed by atoms with Gasteiger partial charge >= 0.3 is 19.8 Å². The predicted molar refractivity (Wildman–Crippen MR) is 244 cm³/mol. The third-order valence-electron chi connectivity index (χ3n) is 8.56. The summed E-state index contributed by atoms with van der Waals surface area (Å²) in [7, 11) is -4.78. The molecule has 0 saturated carbocycles. The number of amides is 1. The summed E-state index contributed by atoms with van der Waals surface area (Å²) >= 11 is 0. The number of aliphatic hydroxyl groups excluding tert-OH is 1. The van der Waals surface area contributed by atoms with Gasteiger partial charge in [-0.1, -0.05) is 142 Å². The minimum Gasteiger partial charge on any atom is -0.480 e. The third-order valence-corrected chi connectivity index (χ3v) is 9.51. The second-order valence-corrected chi connectivity index (χ2v) is 15.6. The largest absolute Gasteiger partial charge is 0.480 e. The van der Waals surface area contributed by atoms with Gasteiger partial charge in [0.2, 0.25) is 5.91 Å². The number of esters is 1. The molecule has 3 unspecified atom stereocenters. The van der Waals surface area contributed by atoms with Gasteiger partial charge in [0.15, 0.2) is 6.04 Å². The highest BCUT2D eigenvalue weighted by atomic mass is 31.2. The average Bonchev–Trinajstić information content (AvgIpc) is 3.22. The summed E-state index contributed by atoms with van der Waals surface area (Å²) in [6, 6.07) is -1.57. The second-order valence-electron chi connectivity index (χ2n) is 14.1. The van der Waals surface area contributed by atoms with E-state index in [0.717, 1.165) is 103 Å². The standard InChI is InChI=1S/C48H76NO10P/c1-3-5-7-9-11-13-15-17-19-20-21-22-23-24-26-28-30-32-34-36-38-40-47(52)57-41-44(50)42-58-60(55,56)59-43-45(48(53)54)49-46(51)39-37-35-33-31-29-27-25-18-16-14-12-10-8-6-4-2/h5-8,11-14,17-19,21-22,24-26,30,32,44-45,50H,3-4,9-10,15-16,20,23,27-29,31,33-43H2,1-2H3,(H,49,51)(H,53,54)(H,55,56)/b7-5-,8-6-,13-11-,14-12-,19-17-,22-21-,25-18-,26-24-,32-30-. The fraction of sp³-hybridized carbons (Fsp3) is 0.562. The monoisotopic (exact) mass is 858 g/mol. The van der Waals surface area contributed by atoms with Crippen LogP contribution in [0.1, 0.15) is 142 Å². The van der Waals surface area contributed by atoms with Crippen LogP contribution in [0.4, 0.5) is 0 Å². The Morgan fingerprint density at radius 3 is 1.38 bits per heavy atom. The van der Waals surface area contributed by atoms with Crippen LogP contribution in [0.2, 0.25) is 0 Å². The summed E-state index contributed by atoms with van der Waals surface area (Å²) in [6.45, 7) is 2.28. The van der Waals surface area contributed by atoms with E-state index in [2.05, 4.69) is 129 Å². The first kappa shape index (κ1) is 56.1. The first-order valence-electron chi connectivity index (χ1n) is 21.9. The molecule has 3 atom stereocenters. The van der Waals surface area contributed by atoms with Gasteiger partial charge < -0.3 is 25.2 Å². The number of allylic oxidation sites excluding steroid dienone is 18. The number of aliphatic hydroxyl groups is 1. The molecule has 12 heteroatoms. The van der Waals surface area contributed by atoms with Gasteiger partial charge in [0.1, 0.15) is 12.7 Å². The zero-order chi connectivity index (χ0) is 44.2. The highest BCUT2D eigenvalue weighted by Gasteiger charge is 2.28. The molecule has 0 fully saturated rings. The van der Waals surface area contributed by atoms with Crippen molar-refractivity contribution in [3.8, 4) is 0 Å². The van der Waals surface area contributed by atoms with Crippen molar-refractivity contribution in [2.24, 2.45) is 0 Å². The fourth-order valence-corrected chi connectivity index (χ4v) is 5.99. The van der Waals surface area contributed by atoms with Crippen molar-refractivity contribution < 1.29 is 47.8 Å². The van der Waals surface area contributed by atoms with Crippen molar-refractivity contribution in [3.05, 3.63) is 109 Å². The van der Waals surface area contributed by atoms with Crippen molar-refractivity contribution in [1.29, 1.82) is 0 Å². The summed E-state index contributed by atoms with van der Waals surface area (Å²) in [5.41, 5.74) is 0. The molecule has 0 aromatic heterocycles. The number of carboxylic acids is 1. The molecule has 11 nitrogen and oxygen atoms in total. The zero-order valence-corrected chi connectivity index (χ0v) is 37.4. The van der Waals surface area contributed by atoms with E-state index in [0.29, 0.717) is 12.8 Å². The number of rotatable bonds is 39. The van der Waals surface area contributed by atoms with E-state index in [-0.39, 0.29) is 12.8 Å². The minimum absolute atomic E-state index is 0.116. The number of hydrogen-bond acceptors (Lipinski definition) is 8. The Labute approximate surface area is 361 Å². The smallest absolute Gasteiger partial charge is 0.472 e. The lowest BCUT2D eigenvalue weighted by Gasteiger charge is -2.18. The van der Waals surface area contributed by atoms with Gasteiger partial charge in [-0.25, -0.2) is 9.36 Å². The van der Waals surface area contributed by atoms with Crippen LogP contribution >= 0.6 is 7.82 Å². The number of carbonyl (C=O) groups is 3. The quantitative estimate of drug-likeness (QED) is 0.0202. The molecule has 0 radical (unpaired) electrons. The first-order chi connectivity index (χ1) is 29.1. The molecular formula is C48H76NO10P. The predicted octanol–water partition coefficient (Wildman–Crippen LogP) is 11.4. The van der Waals surface area contributed by atoms with Crippen molar-refractivity contribution in [3.63, 3.8) is 0 Å². The van der Waals surface area contributed by atoms with Crippen LogP contribution in [-0.4, -0.2) is 64.9 Å². The Morgan fingerprint density at radius 1 is 0.533 bits per heavy atom. The lowest BCUT2D eigenvalue weighted by atomic mass is 10.1. The van der Waals surface area contributed by atoms with E-state index < -0.39 is 57.6 Å². The average molecular weight is 858 g/mol. The van der Waals surface area contributed by atoms with Gasteiger partial charge in [-0.15, -0.1) is 0 Å². The molecule has 0 aromatic carbocycles. The topological polar surface area (TPSA) is 169 Å². The van der Waals surface area contributed by atoms with Crippen LogP contribution in [0, 0.1) is 0 Å². The molecular weight excluding hydrogens is 781 g/mol. The van der Waals surface area contributed by atoms with Crippen LogP contribution in [0.3, 0.4) is 0 Å². The maximum Gasteiger partial charge on any atom is 0.472 e. The lowest BCUT2D eigenvalue weighted by molar-refractivity contribution is -0.147. The lowest BCUT2D eigenvalue weighted by Crippen LogP contribution is -2.43. The van der Waals surface area contributed by atoms with Crippen LogP contribution in [0.5, 0.6) is 0 Å². The number of nitrogens with one attached hydrogen (secondary N) is 1. The Hall–Kier alpha value is -3.86. The van der Waals surface area contributed by atoms with Crippen molar-refractivity contribution in [1.82, 2.24) is 5.32 Å². The molecule has 0 aliphatic rings. The number of carboxylic acid groups (broad SMARTS) is 1. The summed E-state index contributed by atoms with van der Waals surface area (Å²) in [5.74, 6) is -2.46. The molecule has 338 valence electrons. The molecule has 0 saturated heterocycles. The van der Waals surface area contributed by atoms with Crippen molar-refractivity contribution in [2.75, 3.05) is 19.8 Å². The Kier molecular flexibility index (Phi) is 39.2. The molecule has 0 rings (SSSR count). The Balaban J connectivity index is 4.01. The highest BCUT2D eigenvalue weighted by molar-refractivity contribution is 7.47. The summed E-state index contributed by atoms with van der Waals surface area (Å²) in [6.07, 6.45) is 54.0. The Bertz CT molecular complexity index is 1430. The molecule has 0 bridgehead atoms. The first-order valence-corrected chi connectivity index (χ1v) is 23.4. The number of phosphoric acid groups is 1. The van der Waals surface area contributed by atoms with Crippen molar-refractivity contribution in [2.45, 2.75) is 154 Å². The van der Waals surface area contributed by atoms with E-state index in [1.807, 2.05) is 0 Å². The molecule has 4 N–H and O–H groups in total. The van der Waals surface area contributed by atoms with Gasteiger partial charge in [0.05, 0.1) is 13.2 Å². The maximum atomic E-state index is 12.3. The molecule has 0 heterocycles. The van der Waals surface area contributed by atoms with Crippen LogP contribution in [0.25, 0.3) is 0 Å². The molecule has 1 amide bonds. The van der Waals surface area contributed by atoms with Crippen LogP contribution in [-0.2, 0) is 32.7 Å². The zero-order valence-electron chi connectivity index (χ0n) is 36.5. The Morgan fingerprint density at radius 2 is 0.917 bits per heavy atom. The summed E-state index contributed by atoms with van der Waals surface area (Å²) in [4.78, 5) is 45.9. The fourth-order valence-electron chi connectivity index (χ4n) is 5.21. The highest BCUT2D eigenvalue weighted by Crippen LogP contribution is 2.43. The van der Waals surface area contributed by atoms with Gasteiger partial charge in [0.25, 0.3) is 0 Å². The molecule has 0 aromatic rings. The summed E-state index contributed by atoms with van der Waals surface area (Å²) < 4.78 is 26.8. The number of unbranched alkanes of at least 4 members (excludes halogenated alkanes) is 7. The number of carbonyl (C=O) groups excluding carboxylic acids is 2. The van der Waals surface area contributed by atoms with Gasteiger partial charge in [-0.2, -0.15) is 0 Å². The van der Waals surface area contributed by atoms with Gasteiger partial charge in [0, 0.05) is 12.8 Å². The van der Waals surface area contributed by atoms with E-state index >= 15 is 0 Å². The summed E-state index contributed by atoms with van der Waals surface area (Å²) in [5, 5.41) is 21.8. The van der Waals surface area contributed by atoms with Gasteiger partial charge in [-0.3, -0.25) is 18.6 Å². The third kappa shape index (κ3) is 40.9. The van der Waals surface area contributed by atoms with E-state index in [9.17, 15) is 34.1 Å². The van der Waals surface area contributed by atoms with E-state index in [1.165, 1.54) is 0 Å². The van der Waals surface area contributed by atoms with Crippen molar-refractivity contribution >= 4 is 25.7 Å². The van der Waals surface area contributed by atoms with E-state index in [1.54, 1.807) is 0 Å². The normalized spacial score (nSPS) is 14.7. The molecule has 0 aliphatic heterocycles. The minimum atomic E-state index is -4.78.